The zero-order valence-electron chi connectivity index (χ0n) is 16.3. The Balaban J connectivity index is 2.18. The second kappa shape index (κ2) is 10.3. The van der Waals surface area contributed by atoms with Crippen molar-refractivity contribution < 1.29 is 14.3 Å². The summed E-state index contributed by atoms with van der Waals surface area (Å²) >= 11 is 5.26. The van der Waals surface area contributed by atoms with Gasteiger partial charge in [-0.3, -0.25) is 4.79 Å². The molecule has 27 heavy (non-hydrogen) atoms. The van der Waals surface area contributed by atoms with Crippen LogP contribution in [0.4, 0.5) is 5.69 Å². The smallest absolute Gasteiger partial charge is 0.317 e. The Kier molecular flexibility index (Phi) is 8.06. The van der Waals surface area contributed by atoms with E-state index in [1.807, 2.05) is 19.1 Å². The molecule has 0 radical (unpaired) electrons. The largest absolute Gasteiger partial charge is 0.463 e. The SMILES string of the molecule is C=C1NC(=S)N[C@@H](c2ccc(N(CC)CC)cc2)[C@@H]1C(=O)OCCOCC. The lowest BCUT2D eigenvalue weighted by Crippen LogP contribution is -2.51. The average Bonchev–Trinajstić information content (AvgIpc) is 2.66. The monoisotopic (exact) mass is 391 g/mol. The molecule has 0 aromatic heterocycles. The lowest BCUT2D eigenvalue weighted by molar-refractivity contribution is -0.149. The van der Waals surface area contributed by atoms with Gasteiger partial charge in [0, 0.05) is 31.1 Å². The Morgan fingerprint density at radius 3 is 2.44 bits per heavy atom. The van der Waals surface area contributed by atoms with Gasteiger partial charge in [-0.05, 0) is 50.7 Å². The number of benzene rings is 1. The van der Waals surface area contributed by atoms with E-state index in [-0.39, 0.29) is 18.6 Å². The van der Waals surface area contributed by atoms with E-state index in [0.29, 0.717) is 24.0 Å². The lowest BCUT2D eigenvalue weighted by atomic mass is 9.89. The molecule has 1 fully saturated rings. The Labute approximate surface area is 166 Å². The Bertz CT molecular complexity index is 659. The molecule has 2 rings (SSSR count). The number of carbonyl (C=O) groups excluding carboxylic acids is 1. The molecule has 7 heteroatoms. The maximum Gasteiger partial charge on any atom is 0.317 e. The van der Waals surface area contributed by atoms with Crippen LogP contribution in [-0.2, 0) is 14.3 Å². The van der Waals surface area contributed by atoms with E-state index in [2.05, 4.69) is 48.1 Å². The van der Waals surface area contributed by atoms with Crippen LogP contribution in [0, 0.1) is 5.92 Å². The summed E-state index contributed by atoms with van der Waals surface area (Å²) in [4.78, 5) is 14.9. The van der Waals surface area contributed by atoms with Crippen molar-refractivity contribution in [3.63, 3.8) is 0 Å². The summed E-state index contributed by atoms with van der Waals surface area (Å²) in [5, 5.41) is 6.59. The Morgan fingerprint density at radius 1 is 1.19 bits per heavy atom. The number of anilines is 1. The van der Waals surface area contributed by atoms with Crippen LogP contribution in [0.1, 0.15) is 32.4 Å². The van der Waals surface area contributed by atoms with Crippen molar-refractivity contribution in [1.29, 1.82) is 0 Å². The number of esters is 1. The summed E-state index contributed by atoms with van der Waals surface area (Å²) in [5.41, 5.74) is 2.65. The number of hydrogen-bond acceptors (Lipinski definition) is 5. The van der Waals surface area contributed by atoms with Gasteiger partial charge in [0.15, 0.2) is 5.11 Å². The van der Waals surface area contributed by atoms with Crippen molar-refractivity contribution in [2.45, 2.75) is 26.8 Å². The summed E-state index contributed by atoms with van der Waals surface area (Å²) in [6, 6.07) is 7.85. The molecule has 0 amide bonds. The van der Waals surface area contributed by atoms with E-state index in [9.17, 15) is 4.79 Å². The van der Waals surface area contributed by atoms with Crippen LogP contribution in [-0.4, -0.2) is 44.0 Å². The summed E-state index contributed by atoms with van der Waals surface area (Å²) in [6.45, 7) is 13.2. The van der Waals surface area contributed by atoms with Crippen molar-refractivity contribution in [2.24, 2.45) is 5.92 Å². The van der Waals surface area contributed by atoms with Gasteiger partial charge in [-0.25, -0.2) is 0 Å². The van der Waals surface area contributed by atoms with Crippen LogP contribution >= 0.6 is 12.2 Å². The maximum atomic E-state index is 12.7. The molecule has 0 aliphatic carbocycles. The van der Waals surface area contributed by atoms with Gasteiger partial charge in [0.1, 0.15) is 12.5 Å². The number of nitrogens with one attached hydrogen (secondary N) is 2. The van der Waals surface area contributed by atoms with Gasteiger partial charge in [-0.2, -0.15) is 0 Å². The summed E-state index contributed by atoms with van der Waals surface area (Å²) in [6.07, 6.45) is 0. The van der Waals surface area contributed by atoms with E-state index in [4.69, 9.17) is 21.7 Å². The summed E-state index contributed by atoms with van der Waals surface area (Å²) in [5.74, 6) is -0.919. The topological polar surface area (TPSA) is 62.8 Å². The highest BCUT2D eigenvalue weighted by Gasteiger charge is 2.37. The first kappa shape index (κ1) is 21.2. The van der Waals surface area contributed by atoms with Crippen LogP contribution < -0.4 is 15.5 Å². The van der Waals surface area contributed by atoms with Crippen molar-refractivity contribution in [2.75, 3.05) is 37.8 Å². The number of ether oxygens (including phenoxy) is 2. The average molecular weight is 392 g/mol. The molecule has 0 unspecified atom stereocenters. The molecule has 1 aromatic rings. The lowest BCUT2D eigenvalue weighted by Gasteiger charge is -2.35. The van der Waals surface area contributed by atoms with E-state index in [0.717, 1.165) is 24.3 Å². The highest BCUT2D eigenvalue weighted by Crippen LogP contribution is 2.31. The fourth-order valence-electron chi connectivity index (χ4n) is 3.16. The molecule has 1 saturated heterocycles. The van der Waals surface area contributed by atoms with E-state index < -0.39 is 5.92 Å². The minimum atomic E-state index is -0.572. The molecule has 0 spiro atoms. The molecule has 0 saturated carbocycles. The van der Waals surface area contributed by atoms with Crippen LogP contribution in [0.25, 0.3) is 0 Å². The maximum absolute atomic E-state index is 12.7. The third-order valence-corrected chi connectivity index (χ3v) is 4.80. The van der Waals surface area contributed by atoms with E-state index in [1.165, 1.54) is 0 Å². The molecule has 2 N–H and O–H groups in total. The molecule has 2 atom stereocenters. The minimum Gasteiger partial charge on any atom is -0.463 e. The predicted molar refractivity (Wildman–Crippen MR) is 112 cm³/mol. The summed E-state index contributed by atoms with van der Waals surface area (Å²) < 4.78 is 10.6. The molecule has 1 aliphatic rings. The van der Waals surface area contributed by atoms with E-state index >= 15 is 0 Å². The van der Waals surface area contributed by atoms with Crippen LogP contribution in [0.2, 0.25) is 0 Å². The Hall–Kier alpha value is -2.12. The minimum absolute atomic E-state index is 0.217. The fraction of sp³-hybridized carbons (Fsp3) is 0.500. The van der Waals surface area contributed by atoms with E-state index in [1.54, 1.807) is 0 Å². The van der Waals surface area contributed by atoms with Crippen molar-refractivity contribution in [1.82, 2.24) is 10.6 Å². The normalized spacial score (nSPS) is 19.2. The van der Waals surface area contributed by atoms with Gasteiger partial charge >= 0.3 is 5.97 Å². The molecular weight excluding hydrogens is 362 g/mol. The van der Waals surface area contributed by atoms with Gasteiger partial charge in [-0.15, -0.1) is 0 Å². The van der Waals surface area contributed by atoms with Crippen molar-refractivity contribution in [3.05, 3.63) is 42.1 Å². The molecule has 1 heterocycles. The van der Waals surface area contributed by atoms with Gasteiger partial charge in [0.05, 0.1) is 12.6 Å². The highest BCUT2D eigenvalue weighted by molar-refractivity contribution is 7.80. The number of nitrogens with zero attached hydrogens (tertiary/aromatic N) is 1. The standard InChI is InChI=1S/C20H29N3O3S/c1-5-23(6-2)16-10-8-15(9-11-16)18-17(14(4)21-20(27)22-18)19(24)26-13-12-25-7-3/h8-11,17-18H,4-7,12-13H2,1-3H3,(H2,21,22,27)/t17-,18+/m1/s1. The molecule has 148 valence electrons. The Morgan fingerprint density at radius 2 is 1.85 bits per heavy atom. The quantitative estimate of drug-likeness (QED) is 0.381. The number of hydrogen-bond donors (Lipinski definition) is 2. The van der Waals surface area contributed by atoms with Gasteiger partial charge in [0.25, 0.3) is 0 Å². The molecule has 1 aromatic carbocycles. The highest BCUT2D eigenvalue weighted by atomic mass is 32.1. The molecule has 0 bridgehead atoms. The van der Waals surface area contributed by atoms with Gasteiger partial charge in [-0.1, -0.05) is 18.7 Å². The molecule has 6 nitrogen and oxygen atoms in total. The first-order chi connectivity index (χ1) is 13.0. The van der Waals surface area contributed by atoms with Crippen molar-refractivity contribution in [3.8, 4) is 0 Å². The molecule has 1 aliphatic heterocycles. The van der Waals surface area contributed by atoms with Crippen LogP contribution in [0.5, 0.6) is 0 Å². The first-order valence-corrected chi connectivity index (χ1v) is 9.78. The summed E-state index contributed by atoms with van der Waals surface area (Å²) in [7, 11) is 0. The third-order valence-electron chi connectivity index (χ3n) is 4.58. The second-order valence-electron chi connectivity index (χ2n) is 6.21. The van der Waals surface area contributed by atoms with Crippen LogP contribution in [0.3, 0.4) is 0 Å². The van der Waals surface area contributed by atoms with Gasteiger partial charge < -0.3 is 25.0 Å². The molecular formula is C20H29N3O3S. The van der Waals surface area contributed by atoms with Crippen molar-refractivity contribution >= 4 is 29.0 Å². The predicted octanol–water partition coefficient (Wildman–Crippen LogP) is 2.76. The second-order valence-corrected chi connectivity index (χ2v) is 6.62. The number of rotatable bonds is 9. The number of carbonyl (C=O) groups is 1. The van der Waals surface area contributed by atoms with Gasteiger partial charge in [0.2, 0.25) is 0 Å². The van der Waals surface area contributed by atoms with Crippen LogP contribution in [0.15, 0.2) is 36.5 Å². The zero-order chi connectivity index (χ0) is 19.8. The first-order valence-electron chi connectivity index (χ1n) is 9.37. The fourth-order valence-corrected chi connectivity index (χ4v) is 3.41. The zero-order valence-corrected chi connectivity index (χ0v) is 17.1. The number of thiocarbonyl (C=S) groups is 1. The third kappa shape index (κ3) is 5.43.